The van der Waals surface area contributed by atoms with Crippen molar-refractivity contribution in [3.8, 4) is 0 Å². The Labute approximate surface area is 115 Å². The van der Waals surface area contributed by atoms with Crippen molar-refractivity contribution in [2.24, 2.45) is 0 Å². The summed E-state index contributed by atoms with van der Waals surface area (Å²) in [5, 5.41) is 0. The summed E-state index contributed by atoms with van der Waals surface area (Å²) in [5.41, 5.74) is 0.735. The van der Waals surface area contributed by atoms with Crippen LogP contribution in [0.1, 0.15) is 41.0 Å². The average Bonchev–Trinajstić information content (AvgIpc) is 2.38. The largest absolute Gasteiger partial charge is 0.390 e. The van der Waals surface area contributed by atoms with Gasteiger partial charge in [-0.15, -0.1) is 0 Å². The van der Waals surface area contributed by atoms with Crippen molar-refractivity contribution in [1.82, 2.24) is 4.90 Å². The number of amides is 1. The molecule has 1 aromatic rings. The van der Waals surface area contributed by atoms with E-state index in [2.05, 4.69) is 0 Å². The smallest absolute Gasteiger partial charge is 0.339 e. The molecule has 0 atom stereocenters. The van der Waals surface area contributed by atoms with Crippen LogP contribution in [0.5, 0.6) is 0 Å². The number of Topliss-reactive ketones (excluding diaryl/α,β-unsaturated/α-hetero) is 1. The first kappa shape index (κ1) is 16.2. The number of benzene rings is 1. The van der Waals surface area contributed by atoms with Gasteiger partial charge in [-0.2, -0.15) is 13.2 Å². The molecule has 20 heavy (non-hydrogen) atoms. The Morgan fingerprint density at radius 1 is 1.10 bits per heavy atom. The molecule has 0 aromatic heterocycles. The second-order valence-corrected chi connectivity index (χ2v) is 4.38. The Balaban J connectivity index is 2.78. The van der Waals surface area contributed by atoms with E-state index in [1.807, 2.05) is 0 Å². The Kier molecular flexibility index (Phi) is 5.30. The summed E-state index contributed by atoms with van der Waals surface area (Å²) in [4.78, 5) is 24.3. The quantitative estimate of drug-likeness (QED) is 0.779. The van der Waals surface area contributed by atoms with Crippen molar-refractivity contribution in [3.63, 3.8) is 0 Å². The number of nitrogens with zero attached hydrogens (tertiary/aromatic N) is 1. The molecule has 0 aliphatic heterocycles. The van der Waals surface area contributed by atoms with Crippen molar-refractivity contribution >= 4 is 11.7 Å². The van der Waals surface area contributed by atoms with E-state index in [1.54, 1.807) is 6.92 Å². The van der Waals surface area contributed by atoms with Gasteiger partial charge in [-0.3, -0.25) is 9.59 Å². The summed E-state index contributed by atoms with van der Waals surface area (Å²) in [6.45, 7) is 2.85. The van der Waals surface area contributed by atoms with Crippen molar-refractivity contribution in [2.45, 2.75) is 26.4 Å². The molecule has 1 aromatic carbocycles. The maximum absolute atomic E-state index is 12.2. The summed E-state index contributed by atoms with van der Waals surface area (Å²) in [6, 6.07) is 5.89. The highest BCUT2D eigenvalue weighted by Crippen LogP contribution is 2.20. The number of carbonyl (C=O) groups is 2. The highest BCUT2D eigenvalue weighted by Gasteiger charge is 2.28. The molecule has 3 nitrogen and oxygen atoms in total. The van der Waals surface area contributed by atoms with Crippen LogP contribution >= 0.6 is 0 Å². The number of carbonyl (C=O) groups excluding carboxylic acids is 2. The van der Waals surface area contributed by atoms with Gasteiger partial charge in [0, 0.05) is 24.2 Å². The fourth-order valence-corrected chi connectivity index (χ4v) is 1.70. The Morgan fingerprint density at radius 2 is 1.60 bits per heavy atom. The van der Waals surface area contributed by atoms with Crippen LogP contribution < -0.4 is 0 Å². The van der Waals surface area contributed by atoms with Crippen LogP contribution in [-0.2, 0) is 0 Å². The molecular formula is C14H16F3NO2. The highest BCUT2D eigenvalue weighted by molar-refractivity contribution is 5.97. The topological polar surface area (TPSA) is 37.4 Å². The first-order valence-electron chi connectivity index (χ1n) is 6.21. The van der Waals surface area contributed by atoms with Crippen LogP contribution in [0.15, 0.2) is 24.3 Å². The monoisotopic (exact) mass is 287 g/mol. The number of rotatable bonds is 5. The standard InChI is InChI=1S/C14H16F3NO2/c1-3-18(9-8-14(15,16)17)13(20)12-6-4-11(5-7-12)10(2)19/h4-7H,3,8-9H2,1-2H3. The third kappa shape index (κ3) is 4.68. The van der Waals surface area contributed by atoms with Gasteiger partial charge in [-0.25, -0.2) is 0 Å². The van der Waals surface area contributed by atoms with Gasteiger partial charge in [0.25, 0.3) is 5.91 Å². The number of hydrogen-bond donors (Lipinski definition) is 0. The lowest BCUT2D eigenvalue weighted by Crippen LogP contribution is -2.34. The number of halogens is 3. The van der Waals surface area contributed by atoms with E-state index in [9.17, 15) is 22.8 Å². The minimum absolute atomic E-state index is 0.131. The zero-order chi connectivity index (χ0) is 15.3. The summed E-state index contributed by atoms with van der Waals surface area (Å²) >= 11 is 0. The van der Waals surface area contributed by atoms with Crippen LogP contribution in [0, 0.1) is 0 Å². The fourth-order valence-electron chi connectivity index (χ4n) is 1.70. The lowest BCUT2D eigenvalue weighted by Gasteiger charge is -2.21. The molecular weight excluding hydrogens is 271 g/mol. The Morgan fingerprint density at radius 3 is 2.00 bits per heavy atom. The molecule has 0 bridgehead atoms. The van der Waals surface area contributed by atoms with Gasteiger partial charge < -0.3 is 4.90 Å². The van der Waals surface area contributed by atoms with E-state index >= 15 is 0 Å². The van der Waals surface area contributed by atoms with Crippen molar-refractivity contribution in [3.05, 3.63) is 35.4 Å². The molecule has 0 radical (unpaired) electrons. The third-order valence-electron chi connectivity index (χ3n) is 2.87. The van der Waals surface area contributed by atoms with Crippen LogP contribution in [0.2, 0.25) is 0 Å². The molecule has 0 heterocycles. The van der Waals surface area contributed by atoms with Gasteiger partial charge in [0.1, 0.15) is 0 Å². The second-order valence-electron chi connectivity index (χ2n) is 4.38. The zero-order valence-corrected chi connectivity index (χ0v) is 11.3. The minimum Gasteiger partial charge on any atom is -0.339 e. The molecule has 1 rings (SSSR count). The maximum atomic E-state index is 12.2. The van der Waals surface area contributed by atoms with Gasteiger partial charge in [-0.1, -0.05) is 12.1 Å². The Bertz CT molecular complexity index is 480. The lowest BCUT2D eigenvalue weighted by molar-refractivity contribution is -0.136. The normalized spacial score (nSPS) is 11.2. The first-order valence-corrected chi connectivity index (χ1v) is 6.21. The molecule has 0 fully saturated rings. The summed E-state index contributed by atoms with van der Waals surface area (Å²) in [6.07, 6.45) is -5.32. The Hall–Kier alpha value is -1.85. The van der Waals surface area contributed by atoms with Crippen LogP contribution in [0.3, 0.4) is 0 Å². The summed E-state index contributed by atoms with van der Waals surface area (Å²) in [7, 11) is 0. The van der Waals surface area contributed by atoms with E-state index in [4.69, 9.17) is 0 Å². The molecule has 1 amide bonds. The van der Waals surface area contributed by atoms with Crippen LogP contribution in [-0.4, -0.2) is 35.9 Å². The molecule has 110 valence electrons. The van der Waals surface area contributed by atoms with Crippen molar-refractivity contribution < 1.29 is 22.8 Å². The second kappa shape index (κ2) is 6.54. The van der Waals surface area contributed by atoms with Gasteiger partial charge in [-0.05, 0) is 26.0 Å². The number of hydrogen-bond acceptors (Lipinski definition) is 2. The summed E-state index contributed by atoms with van der Waals surface area (Å²) < 4.78 is 36.6. The number of ketones is 1. The average molecular weight is 287 g/mol. The molecule has 6 heteroatoms. The molecule has 0 N–H and O–H groups in total. The molecule has 0 aliphatic carbocycles. The van der Waals surface area contributed by atoms with Gasteiger partial charge in [0.2, 0.25) is 0 Å². The molecule has 0 saturated carbocycles. The molecule has 0 saturated heterocycles. The van der Waals surface area contributed by atoms with Gasteiger partial charge in [0.05, 0.1) is 6.42 Å². The summed E-state index contributed by atoms with van der Waals surface area (Å²) in [5.74, 6) is -0.597. The molecule has 0 unspecified atom stereocenters. The fraction of sp³-hybridized carbons (Fsp3) is 0.429. The van der Waals surface area contributed by atoms with E-state index in [-0.39, 0.29) is 24.4 Å². The van der Waals surface area contributed by atoms with E-state index in [0.717, 1.165) is 4.90 Å². The predicted molar refractivity (Wildman–Crippen MR) is 68.7 cm³/mol. The molecule has 0 spiro atoms. The third-order valence-corrected chi connectivity index (χ3v) is 2.87. The van der Waals surface area contributed by atoms with Crippen LogP contribution in [0.25, 0.3) is 0 Å². The van der Waals surface area contributed by atoms with Crippen molar-refractivity contribution in [2.75, 3.05) is 13.1 Å². The number of alkyl halides is 3. The minimum atomic E-state index is -4.29. The maximum Gasteiger partial charge on any atom is 0.390 e. The van der Waals surface area contributed by atoms with E-state index < -0.39 is 18.5 Å². The van der Waals surface area contributed by atoms with E-state index in [0.29, 0.717) is 5.56 Å². The van der Waals surface area contributed by atoms with Gasteiger partial charge in [0.15, 0.2) is 5.78 Å². The zero-order valence-electron chi connectivity index (χ0n) is 11.3. The lowest BCUT2D eigenvalue weighted by atomic mass is 10.1. The van der Waals surface area contributed by atoms with Crippen molar-refractivity contribution in [1.29, 1.82) is 0 Å². The predicted octanol–water partition coefficient (Wildman–Crippen LogP) is 3.30. The highest BCUT2D eigenvalue weighted by atomic mass is 19.4. The van der Waals surface area contributed by atoms with Gasteiger partial charge >= 0.3 is 6.18 Å². The van der Waals surface area contributed by atoms with Crippen LogP contribution in [0.4, 0.5) is 13.2 Å². The molecule has 0 aliphatic rings. The SMILES string of the molecule is CCN(CCC(F)(F)F)C(=O)c1ccc(C(C)=O)cc1. The van der Waals surface area contributed by atoms with E-state index in [1.165, 1.54) is 31.2 Å². The first-order chi connectivity index (χ1) is 9.24.